The third-order valence-electron chi connectivity index (χ3n) is 5.13. The van der Waals surface area contributed by atoms with E-state index in [1.54, 1.807) is 10.9 Å². The summed E-state index contributed by atoms with van der Waals surface area (Å²) in [6, 6.07) is 11.6. The van der Waals surface area contributed by atoms with E-state index >= 15 is 0 Å². The maximum absolute atomic E-state index is 12.9. The summed E-state index contributed by atoms with van der Waals surface area (Å²) in [5.74, 6) is 6.34. The number of hydrogen-bond donors (Lipinski definition) is 1. The summed E-state index contributed by atoms with van der Waals surface area (Å²) in [6.45, 7) is 3.25. The summed E-state index contributed by atoms with van der Waals surface area (Å²) in [6.07, 6.45) is 6.27. The molecule has 0 radical (unpaired) electrons. The quantitative estimate of drug-likeness (QED) is 0.602. The highest BCUT2D eigenvalue weighted by Crippen LogP contribution is 2.21. The smallest absolute Gasteiger partial charge is 0.276 e. The van der Waals surface area contributed by atoms with Gasteiger partial charge < -0.3 is 10.1 Å². The topological polar surface area (TPSA) is 69.0 Å². The van der Waals surface area contributed by atoms with E-state index in [0.29, 0.717) is 23.1 Å². The molecule has 1 saturated heterocycles. The number of aryl methyl sites for hydroxylation is 2. The Bertz CT molecular complexity index is 1130. The number of ether oxygens (including phenoxy) is 1. The Morgan fingerprint density at radius 2 is 2.06 bits per heavy atom. The van der Waals surface area contributed by atoms with Gasteiger partial charge in [-0.15, -0.1) is 0 Å². The fraction of sp³-hybridized carbons (Fsp3) is 0.292. The van der Waals surface area contributed by atoms with Crippen molar-refractivity contribution in [3.63, 3.8) is 0 Å². The van der Waals surface area contributed by atoms with E-state index in [4.69, 9.17) is 16.3 Å². The first kappa shape index (κ1) is 21.1. The summed E-state index contributed by atoms with van der Waals surface area (Å²) in [7, 11) is 0. The molecule has 158 valence electrons. The third-order valence-corrected chi connectivity index (χ3v) is 5.41. The Kier molecular flexibility index (Phi) is 6.66. The van der Waals surface area contributed by atoms with Gasteiger partial charge in [0.05, 0.1) is 17.3 Å². The minimum absolute atomic E-state index is 0.215. The number of aromatic nitrogens is 3. The average molecular weight is 435 g/mol. The van der Waals surface area contributed by atoms with Crippen molar-refractivity contribution in [3.05, 3.63) is 76.2 Å². The molecule has 1 N–H and O–H groups in total. The van der Waals surface area contributed by atoms with Gasteiger partial charge in [-0.1, -0.05) is 41.6 Å². The first-order valence-electron chi connectivity index (χ1n) is 10.3. The van der Waals surface area contributed by atoms with Gasteiger partial charge in [0.2, 0.25) is 0 Å². The Morgan fingerprint density at radius 3 is 2.81 bits per heavy atom. The molecular formula is C24H23ClN4O2. The predicted octanol–water partition coefficient (Wildman–Crippen LogP) is 4.46. The van der Waals surface area contributed by atoms with E-state index in [-0.39, 0.29) is 12.0 Å². The van der Waals surface area contributed by atoms with Crippen molar-refractivity contribution in [3.8, 4) is 11.8 Å². The fourth-order valence-corrected chi connectivity index (χ4v) is 3.73. The summed E-state index contributed by atoms with van der Waals surface area (Å²) in [4.78, 5) is 17.3. The number of nitrogens with one attached hydrogen (secondary N) is 1. The Hall–Kier alpha value is -3.14. The molecular weight excluding hydrogens is 412 g/mol. The Labute approximate surface area is 186 Å². The molecule has 6 nitrogen and oxygen atoms in total. The molecule has 0 saturated carbocycles. The number of anilines is 1. The molecule has 1 fully saturated rings. The number of amides is 1. The van der Waals surface area contributed by atoms with Crippen molar-refractivity contribution >= 4 is 23.3 Å². The highest BCUT2D eigenvalue weighted by atomic mass is 35.5. The highest BCUT2D eigenvalue weighted by molar-refractivity contribution is 6.34. The number of pyridine rings is 1. The normalized spacial score (nSPS) is 15.4. The summed E-state index contributed by atoms with van der Waals surface area (Å²) in [5.41, 5.74) is 2.85. The van der Waals surface area contributed by atoms with Crippen LogP contribution in [0, 0.1) is 18.8 Å². The zero-order chi connectivity index (χ0) is 21.6. The molecule has 4 rings (SSSR count). The van der Waals surface area contributed by atoms with Crippen LogP contribution < -0.4 is 5.32 Å². The highest BCUT2D eigenvalue weighted by Gasteiger charge is 2.21. The average Bonchev–Trinajstić information content (AvgIpc) is 3.42. The minimum atomic E-state index is -0.339. The van der Waals surface area contributed by atoms with Crippen molar-refractivity contribution in [1.29, 1.82) is 0 Å². The monoisotopic (exact) mass is 434 g/mol. The van der Waals surface area contributed by atoms with Crippen molar-refractivity contribution in [2.75, 3.05) is 11.9 Å². The first-order chi connectivity index (χ1) is 15.1. The molecule has 1 unspecified atom stereocenters. The van der Waals surface area contributed by atoms with E-state index in [9.17, 15) is 4.79 Å². The molecule has 0 spiro atoms. The molecule has 1 aliphatic heterocycles. The molecule has 3 heterocycles. The van der Waals surface area contributed by atoms with Crippen LogP contribution in [-0.2, 0) is 11.3 Å². The van der Waals surface area contributed by atoms with Crippen LogP contribution in [0.4, 0.5) is 5.82 Å². The van der Waals surface area contributed by atoms with Crippen LogP contribution in [-0.4, -0.2) is 33.4 Å². The van der Waals surface area contributed by atoms with Crippen molar-refractivity contribution in [2.45, 2.75) is 38.8 Å². The molecule has 0 bridgehead atoms. The zero-order valence-electron chi connectivity index (χ0n) is 17.3. The largest absolute Gasteiger partial charge is 0.378 e. The number of carbonyl (C=O) groups is 1. The number of nitrogens with zero attached hydrogens (tertiary/aromatic N) is 3. The lowest BCUT2D eigenvalue weighted by atomic mass is 10.1. The lowest BCUT2D eigenvalue weighted by Gasteiger charge is -2.12. The van der Waals surface area contributed by atoms with E-state index in [0.717, 1.165) is 42.6 Å². The second kappa shape index (κ2) is 9.78. The number of benzene rings is 1. The van der Waals surface area contributed by atoms with Crippen LogP contribution in [0.1, 0.15) is 46.4 Å². The maximum atomic E-state index is 12.9. The minimum Gasteiger partial charge on any atom is -0.378 e. The fourth-order valence-electron chi connectivity index (χ4n) is 3.50. The Balaban J connectivity index is 1.45. The molecule has 1 aliphatic rings. The van der Waals surface area contributed by atoms with Crippen LogP contribution in [0.2, 0.25) is 5.02 Å². The summed E-state index contributed by atoms with van der Waals surface area (Å²) >= 11 is 6.25. The SMILES string of the molecule is Cc1cc(C#Cc2ccccc2)cnc1NC(=O)c1c(Cl)cnn1CCC1CCCO1. The first-order valence-corrected chi connectivity index (χ1v) is 10.7. The number of carbonyl (C=O) groups excluding carboxylic acids is 1. The van der Waals surface area contributed by atoms with Crippen LogP contribution in [0.5, 0.6) is 0 Å². The van der Waals surface area contributed by atoms with Crippen LogP contribution >= 0.6 is 11.6 Å². The van der Waals surface area contributed by atoms with Crippen LogP contribution in [0.3, 0.4) is 0 Å². The standard InChI is InChI=1S/C24H23ClN4O2/c1-17-14-19(10-9-18-6-3-2-4-7-18)15-26-23(17)28-24(30)22-21(25)16-27-29(22)12-11-20-8-5-13-31-20/h2-4,6-7,14-16,20H,5,8,11-13H2,1H3,(H,26,28,30). The zero-order valence-corrected chi connectivity index (χ0v) is 18.0. The molecule has 1 atom stereocenters. The molecule has 7 heteroatoms. The Morgan fingerprint density at radius 1 is 1.26 bits per heavy atom. The van der Waals surface area contributed by atoms with E-state index in [2.05, 4.69) is 27.2 Å². The second-order valence-corrected chi connectivity index (χ2v) is 7.85. The maximum Gasteiger partial charge on any atom is 0.276 e. The van der Waals surface area contributed by atoms with Gasteiger partial charge in [-0.25, -0.2) is 4.98 Å². The van der Waals surface area contributed by atoms with Crippen LogP contribution in [0.15, 0.2) is 48.8 Å². The molecule has 1 aromatic carbocycles. The van der Waals surface area contributed by atoms with Crippen molar-refractivity contribution < 1.29 is 9.53 Å². The number of halogens is 1. The van der Waals surface area contributed by atoms with E-state index < -0.39 is 0 Å². The van der Waals surface area contributed by atoms with Gasteiger partial charge in [0, 0.05) is 30.5 Å². The van der Waals surface area contributed by atoms with Crippen molar-refractivity contribution in [2.24, 2.45) is 0 Å². The van der Waals surface area contributed by atoms with E-state index in [1.807, 2.05) is 43.3 Å². The molecule has 31 heavy (non-hydrogen) atoms. The van der Waals surface area contributed by atoms with Gasteiger partial charge in [0.1, 0.15) is 11.5 Å². The second-order valence-electron chi connectivity index (χ2n) is 7.45. The van der Waals surface area contributed by atoms with Gasteiger partial charge in [0.25, 0.3) is 5.91 Å². The molecule has 3 aromatic rings. The van der Waals surface area contributed by atoms with Crippen LogP contribution in [0.25, 0.3) is 0 Å². The van der Waals surface area contributed by atoms with Gasteiger partial charge in [-0.3, -0.25) is 9.48 Å². The summed E-state index contributed by atoms with van der Waals surface area (Å²) in [5, 5.41) is 7.42. The molecule has 0 aliphatic carbocycles. The molecule has 2 aromatic heterocycles. The third kappa shape index (κ3) is 5.32. The van der Waals surface area contributed by atoms with Gasteiger partial charge in [-0.2, -0.15) is 5.10 Å². The lowest BCUT2D eigenvalue weighted by Crippen LogP contribution is -2.21. The van der Waals surface area contributed by atoms with Gasteiger partial charge >= 0.3 is 0 Å². The predicted molar refractivity (Wildman–Crippen MR) is 120 cm³/mol. The molecule has 1 amide bonds. The van der Waals surface area contributed by atoms with Gasteiger partial charge in [-0.05, 0) is 49.9 Å². The lowest BCUT2D eigenvalue weighted by molar-refractivity contribution is 0.0962. The number of rotatable bonds is 5. The summed E-state index contributed by atoms with van der Waals surface area (Å²) < 4.78 is 7.29. The number of hydrogen-bond acceptors (Lipinski definition) is 4. The van der Waals surface area contributed by atoms with Crippen molar-refractivity contribution in [1.82, 2.24) is 14.8 Å². The van der Waals surface area contributed by atoms with Gasteiger partial charge in [0.15, 0.2) is 0 Å². The van der Waals surface area contributed by atoms with E-state index in [1.165, 1.54) is 6.20 Å².